The molecule has 0 atom stereocenters. The Bertz CT molecular complexity index is 1100. The summed E-state index contributed by atoms with van der Waals surface area (Å²) in [6.07, 6.45) is 1.01. The molecule has 0 spiro atoms. The van der Waals surface area contributed by atoms with E-state index in [9.17, 15) is 0 Å². The van der Waals surface area contributed by atoms with Crippen LogP contribution in [0.5, 0.6) is 5.75 Å². The number of aromatic nitrogens is 2. The molecule has 0 amide bonds. The first-order valence-corrected chi connectivity index (χ1v) is 9.99. The highest BCUT2D eigenvalue weighted by Gasteiger charge is 2.12. The predicted molar refractivity (Wildman–Crippen MR) is 115 cm³/mol. The van der Waals surface area contributed by atoms with Crippen LogP contribution in [0.4, 0.5) is 0 Å². The van der Waals surface area contributed by atoms with Crippen LogP contribution in [-0.4, -0.2) is 9.55 Å². The summed E-state index contributed by atoms with van der Waals surface area (Å²) in [5, 5.41) is 1.11. The van der Waals surface area contributed by atoms with Crippen molar-refractivity contribution in [2.45, 2.75) is 26.5 Å². The van der Waals surface area contributed by atoms with Gasteiger partial charge in [0, 0.05) is 6.54 Å². The van der Waals surface area contributed by atoms with E-state index < -0.39 is 0 Å². The normalized spacial score (nSPS) is 11.1. The summed E-state index contributed by atoms with van der Waals surface area (Å²) in [5.74, 6) is 1.71. The van der Waals surface area contributed by atoms with E-state index >= 15 is 0 Å². The van der Waals surface area contributed by atoms with Crippen LogP contribution in [0.1, 0.15) is 23.9 Å². The van der Waals surface area contributed by atoms with Gasteiger partial charge in [-0.1, -0.05) is 60.5 Å². The number of hydrogen-bond acceptors (Lipinski definition) is 2. The van der Waals surface area contributed by atoms with E-state index in [-0.39, 0.29) is 0 Å². The van der Waals surface area contributed by atoms with E-state index in [4.69, 9.17) is 32.9 Å². The van der Waals surface area contributed by atoms with Crippen molar-refractivity contribution in [2.24, 2.45) is 0 Å². The van der Waals surface area contributed by atoms with Gasteiger partial charge in [-0.05, 0) is 53.9 Å². The Morgan fingerprint density at radius 1 is 0.893 bits per heavy atom. The van der Waals surface area contributed by atoms with Gasteiger partial charge >= 0.3 is 0 Å². The molecule has 5 heteroatoms. The number of benzene rings is 3. The van der Waals surface area contributed by atoms with Crippen LogP contribution in [0, 0.1) is 0 Å². The van der Waals surface area contributed by atoms with Crippen LogP contribution in [0.2, 0.25) is 10.0 Å². The molecule has 1 aromatic heterocycles. The average Bonchev–Trinajstić information content (AvgIpc) is 3.07. The number of fused-ring (bicyclic) bond motifs is 1. The highest BCUT2D eigenvalue weighted by molar-refractivity contribution is 6.42. The standard InChI is InChI=1S/C23H20Cl2N2O/c1-2-16-7-10-18(11-8-16)28-15-23-26-21-5-3-4-6-22(21)27(23)14-17-9-12-19(24)20(25)13-17/h3-13H,2,14-15H2,1H3. The fourth-order valence-corrected chi connectivity index (χ4v) is 3.52. The van der Waals surface area contributed by atoms with Crippen LogP contribution < -0.4 is 4.74 Å². The van der Waals surface area contributed by atoms with Crippen molar-refractivity contribution in [3.63, 3.8) is 0 Å². The van der Waals surface area contributed by atoms with E-state index in [1.165, 1.54) is 5.56 Å². The second kappa shape index (κ2) is 8.26. The molecule has 0 unspecified atom stereocenters. The number of halogens is 2. The van der Waals surface area contributed by atoms with Crippen molar-refractivity contribution in [3.05, 3.63) is 93.7 Å². The predicted octanol–water partition coefficient (Wildman–Crippen LogP) is 6.53. The molecule has 0 saturated carbocycles. The molecular formula is C23H20Cl2N2O. The second-order valence-corrected chi connectivity index (χ2v) is 7.45. The maximum atomic E-state index is 6.20. The molecule has 3 aromatic carbocycles. The number of rotatable bonds is 6. The Kier molecular flexibility index (Phi) is 5.56. The fraction of sp³-hybridized carbons (Fsp3) is 0.174. The van der Waals surface area contributed by atoms with Crippen molar-refractivity contribution >= 4 is 34.2 Å². The number of para-hydroxylation sites is 2. The lowest BCUT2D eigenvalue weighted by molar-refractivity contribution is 0.291. The highest BCUT2D eigenvalue weighted by atomic mass is 35.5. The molecule has 4 rings (SSSR count). The van der Waals surface area contributed by atoms with E-state index in [1.54, 1.807) is 0 Å². The Labute approximate surface area is 174 Å². The number of nitrogens with zero attached hydrogens (tertiary/aromatic N) is 2. The third-order valence-corrected chi connectivity index (χ3v) is 5.50. The minimum atomic E-state index is 0.390. The first-order chi connectivity index (χ1) is 13.6. The maximum absolute atomic E-state index is 6.20. The first-order valence-electron chi connectivity index (χ1n) is 9.24. The molecule has 0 aliphatic rings. The van der Waals surface area contributed by atoms with Gasteiger partial charge in [0.2, 0.25) is 0 Å². The third-order valence-electron chi connectivity index (χ3n) is 4.76. The minimum absolute atomic E-state index is 0.390. The molecule has 0 fully saturated rings. The number of hydrogen-bond donors (Lipinski definition) is 0. The van der Waals surface area contributed by atoms with E-state index in [2.05, 4.69) is 29.7 Å². The van der Waals surface area contributed by atoms with Crippen LogP contribution in [0.25, 0.3) is 11.0 Å². The average molecular weight is 411 g/mol. The van der Waals surface area contributed by atoms with Gasteiger partial charge in [-0.3, -0.25) is 0 Å². The molecule has 0 saturated heterocycles. The van der Waals surface area contributed by atoms with E-state index in [0.717, 1.165) is 34.6 Å². The van der Waals surface area contributed by atoms with Crippen LogP contribution in [0.3, 0.4) is 0 Å². The van der Waals surface area contributed by atoms with Crippen molar-refractivity contribution < 1.29 is 4.74 Å². The van der Waals surface area contributed by atoms with Crippen LogP contribution >= 0.6 is 23.2 Å². The molecule has 0 radical (unpaired) electrons. The quantitative estimate of drug-likeness (QED) is 0.361. The van der Waals surface area contributed by atoms with E-state index in [0.29, 0.717) is 23.2 Å². The lowest BCUT2D eigenvalue weighted by Gasteiger charge is -2.11. The fourth-order valence-electron chi connectivity index (χ4n) is 3.20. The molecule has 1 heterocycles. The minimum Gasteiger partial charge on any atom is -0.486 e. The molecule has 0 bridgehead atoms. The smallest absolute Gasteiger partial charge is 0.148 e. The van der Waals surface area contributed by atoms with Crippen molar-refractivity contribution in [3.8, 4) is 5.75 Å². The summed E-state index contributed by atoms with van der Waals surface area (Å²) >= 11 is 12.3. The molecule has 0 N–H and O–H groups in total. The third kappa shape index (κ3) is 4.01. The van der Waals surface area contributed by atoms with Crippen LogP contribution in [-0.2, 0) is 19.6 Å². The van der Waals surface area contributed by atoms with Gasteiger partial charge in [0.15, 0.2) is 0 Å². The molecule has 28 heavy (non-hydrogen) atoms. The molecule has 0 aliphatic heterocycles. The highest BCUT2D eigenvalue weighted by Crippen LogP contribution is 2.25. The molecule has 0 aliphatic carbocycles. The zero-order chi connectivity index (χ0) is 19.5. The Hall–Kier alpha value is -2.49. The van der Waals surface area contributed by atoms with Gasteiger partial charge in [0.1, 0.15) is 18.2 Å². The molecular weight excluding hydrogens is 391 g/mol. The monoisotopic (exact) mass is 410 g/mol. The van der Waals surface area contributed by atoms with Crippen LogP contribution in [0.15, 0.2) is 66.7 Å². The summed E-state index contributed by atoms with van der Waals surface area (Å²) in [7, 11) is 0. The van der Waals surface area contributed by atoms with E-state index in [1.807, 2.05) is 48.5 Å². The Morgan fingerprint density at radius 2 is 1.64 bits per heavy atom. The van der Waals surface area contributed by atoms with Gasteiger partial charge < -0.3 is 9.30 Å². The zero-order valence-electron chi connectivity index (χ0n) is 15.5. The number of ether oxygens (including phenoxy) is 1. The topological polar surface area (TPSA) is 27.1 Å². The summed E-state index contributed by atoms with van der Waals surface area (Å²) in [6.45, 7) is 3.17. The Balaban J connectivity index is 1.63. The number of aryl methyl sites for hydroxylation is 1. The van der Waals surface area contributed by atoms with Gasteiger partial charge in [0.25, 0.3) is 0 Å². The summed E-state index contributed by atoms with van der Waals surface area (Å²) < 4.78 is 8.17. The van der Waals surface area contributed by atoms with Gasteiger partial charge in [-0.15, -0.1) is 0 Å². The summed E-state index contributed by atoms with van der Waals surface area (Å²) in [4.78, 5) is 4.78. The van der Waals surface area contributed by atoms with Crippen molar-refractivity contribution in [2.75, 3.05) is 0 Å². The zero-order valence-corrected chi connectivity index (χ0v) is 17.0. The Morgan fingerprint density at radius 3 is 2.39 bits per heavy atom. The maximum Gasteiger partial charge on any atom is 0.148 e. The summed E-state index contributed by atoms with van der Waals surface area (Å²) in [6, 6.07) is 22.0. The second-order valence-electron chi connectivity index (χ2n) is 6.64. The lowest BCUT2D eigenvalue weighted by Crippen LogP contribution is -2.08. The number of imidazole rings is 1. The molecule has 3 nitrogen and oxygen atoms in total. The largest absolute Gasteiger partial charge is 0.486 e. The van der Waals surface area contributed by atoms with Gasteiger partial charge in [0.05, 0.1) is 21.1 Å². The summed E-state index contributed by atoms with van der Waals surface area (Å²) in [5.41, 5.74) is 4.36. The van der Waals surface area contributed by atoms with Gasteiger partial charge in [-0.25, -0.2) is 4.98 Å². The first kappa shape index (κ1) is 18.9. The molecule has 142 valence electrons. The van der Waals surface area contributed by atoms with Gasteiger partial charge in [-0.2, -0.15) is 0 Å². The SMILES string of the molecule is CCc1ccc(OCc2nc3ccccc3n2Cc2ccc(Cl)c(Cl)c2)cc1. The van der Waals surface area contributed by atoms with Crippen molar-refractivity contribution in [1.82, 2.24) is 9.55 Å². The van der Waals surface area contributed by atoms with Crippen molar-refractivity contribution in [1.29, 1.82) is 0 Å². The lowest BCUT2D eigenvalue weighted by atomic mass is 10.2. The molecule has 4 aromatic rings.